The van der Waals surface area contributed by atoms with Gasteiger partial charge in [0.1, 0.15) is 0 Å². The van der Waals surface area contributed by atoms with Crippen LogP contribution in [0.1, 0.15) is 57.8 Å². The summed E-state index contributed by atoms with van der Waals surface area (Å²) < 4.78 is 0.943. The van der Waals surface area contributed by atoms with Crippen molar-refractivity contribution in [2.75, 3.05) is 13.1 Å². The predicted molar refractivity (Wildman–Crippen MR) is 95.7 cm³/mol. The van der Waals surface area contributed by atoms with Gasteiger partial charge < -0.3 is 5.32 Å². The third kappa shape index (κ3) is 6.46. The Hall–Kier alpha value is -2.23. The van der Waals surface area contributed by atoms with E-state index >= 15 is 0 Å². The van der Waals surface area contributed by atoms with E-state index in [9.17, 15) is 28.8 Å². The number of carbonyl (C=O) groups excluding carboxylic acids is 6. The summed E-state index contributed by atoms with van der Waals surface area (Å²) in [7, 11) is 0. The maximum atomic E-state index is 11.8. The summed E-state index contributed by atoms with van der Waals surface area (Å²) in [6, 6.07) is 0. The van der Waals surface area contributed by atoms with Crippen LogP contribution in [0.4, 0.5) is 0 Å². The molecule has 2 saturated heterocycles. The Morgan fingerprint density at radius 1 is 0.815 bits per heavy atom. The minimum Gasteiger partial charge on any atom is -0.356 e. The molecule has 5 amide bonds. The molecule has 2 fully saturated rings. The molecule has 2 aliphatic rings. The lowest BCUT2D eigenvalue weighted by atomic mass is 10.2. The molecule has 0 radical (unpaired) electrons. The number of carbonyl (C=O) groups is 6. The number of likely N-dealkylation sites (tertiary alicyclic amines) is 1. The summed E-state index contributed by atoms with van der Waals surface area (Å²) in [5.74, 6) is -1.32. The summed E-state index contributed by atoms with van der Waals surface area (Å²) in [6.45, 7) is 0.564. The summed E-state index contributed by atoms with van der Waals surface area (Å²) in [4.78, 5) is 70.3. The van der Waals surface area contributed by atoms with Gasteiger partial charge in [0.15, 0.2) is 0 Å². The van der Waals surface area contributed by atoms with Crippen molar-refractivity contribution in [3.63, 3.8) is 0 Å². The van der Waals surface area contributed by atoms with Gasteiger partial charge in [-0.1, -0.05) is 6.42 Å². The van der Waals surface area contributed by atoms with Gasteiger partial charge in [0.05, 0.1) is 0 Å². The largest absolute Gasteiger partial charge is 0.356 e. The number of hydrogen-bond donors (Lipinski definition) is 1. The highest BCUT2D eigenvalue weighted by Crippen LogP contribution is 2.23. The Balaban J connectivity index is 1.49. The van der Waals surface area contributed by atoms with E-state index in [1.165, 1.54) is 0 Å². The van der Waals surface area contributed by atoms with Crippen molar-refractivity contribution in [2.45, 2.75) is 57.8 Å². The number of nitrogens with zero attached hydrogens (tertiary/aromatic N) is 2. The van der Waals surface area contributed by atoms with Crippen molar-refractivity contribution in [2.24, 2.45) is 0 Å². The van der Waals surface area contributed by atoms with E-state index in [4.69, 9.17) is 0 Å². The quantitative estimate of drug-likeness (QED) is 0.324. The highest BCUT2D eigenvalue weighted by atomic mass is 32.2. The molecule has 2 rings (SSSR count). The van der Waals surface area contributed by atoms with Gasteiger partial charge in [-0.15, -0.1) is 0 Å². The van der Waals surface area contributed by atoms with Crippen molar-refractivity contribution < 1.29 is 28.8 Å². The van der Waals surface area contributed by atoms with E-state index in [0.29, 0.717) is 31.3 Å². The normalized spacial score (nSPS) is 17.2. The molecule has 0 atom stereocenters. The van der Waals surface area contributed by atoms with Crippen molar-refractivity contribution in [3.05, 3.63) is 0 Å². The Labute approximate surface area is 161 Å². The molecule has 0 aliphatic carbocycles. The molecule has 2 heterocycles. The van der Waals surface area contributed by atoms with Crippen LogP contribution in [0.15, 0.2) is 0 Å². The fourth-order valence-electron chi connectivity index (χ4n) is 2.78. The first-order chi connectivity index (χ1) is 12.9. The first-order valence-electron chi connectivity index (χ1n) is 9.05. The highest BCUT2D eigenvalue weighted by Gasteiger charge is 2.31. The standard InChI is InChI=1S/C17H23N3O6S/c21-12(9-11-19-13(22)5-6-14(19)23)18-10-3-1-2-4-17(26)27-20-15(24)7-8-16(20)25/h1-11H2,(H,18,21). The molecule has 0 unspecified atom stereocenters. The molecular weight excluding hydrogens is 374 g/mol. The summed E-state index contributed by atoms with van der Waals surface area (Å²) in [6.07, 6.45) is 3.13. The van der Waals surface area contributed by atoms with Gasteiger partial charge >= 0.3 is 0 Å². The number of rotatable bonds is 10. The van der Waals surface area contributed by atoms with E-state index in [1.807, 2.05) is 0 Å². The van der Waals surface area contributed by atoms with Crippen molar-refractivity contribution >= 4 is 46.6 Å². The average Bonchev–Trinajstić information content (AvgIpc) is 3.12. The van der Waals surface area contributed by atoms with Crippen LogP contribution in [-0.2, 0) is 28.8 Å². The molecule has 148 valence electrons. The van der Waals surface area contributed by atoms with Crippen LogP contribution in [0.3, 0.4) is 0 Å². The maximum Gasteiger partial charge on any atom is 0.240 e. The second-order valence-electron chi connectivity index (χ2n) is 6.39. The zero-order valence-electron chi connectivity index (χ0n) is 15.0. The van der Waals surface area contributed by atoms with E-state index in [-0.39, 0.29) is 79.7 Å². The molecule has 27 heavy (non-hydrogen) atoms. The lowest BCUT2D eigenvalue weighted by Gasteiger charge is -2.13. The van der Waals surface area contributed by atoms with E-state index in [0.717, 1.165) is 15.6 Å². The molecule has 0 aromatic carbocycles. The topological polar surface area (TPSA) is 121 Å². The molecule has 9 nitrogen and oxygen atoms in total. The Bertz CT molecular complexity index is 619. The van der Waals surface area contributed by atoms with E-state index in [1.54, 1.807) is 0 Å². The van der Waals surface area contributed by atoms with Gasteiger partial charge in [0.2, 0.25) is 34.7 Å². The summed E-state index contributed by atoms with van der Waals surface area (Å²) >= 11 is 0.677. The third-order valence-electron chi connectivity index (χ3n) is 4.30. The smallest absolute Gasteiger partial charge is 0.240 e. The van der Waals surface area contributed by atoms with Crippen LogP contribution in [-0.4, -0.2) is 56.9 Å². The lowest BCUT2D eigenvalue weighted by Crippen LogP contribution is -2.34. The first-order valence-corrected chi connectivity index (χ1v) is 9.82. The summed E-state index contributed by atoms with van der Waals surface area (Å²) in [5, 5.41) is 2.50. The number of amides is 5. The zero-order valence-corrected chi connectivity index (χ0v) is 15.8. The first kappa shape index (κ1) is 21.1. The average molecular weight is 397 g/mol. The molecule has 1 N–H and O–H groups in total. The molecular formula is C17H23N3O6S. The van der Waals surface area contributed by atoms with Crippen molar-refractivity contribution in [1.82, 2.24) is 14.5 Å². The predicted octanol–water partition coefficient (Wildman–Crippen LogP) is 0.526. The molecule has 0 spiro atoms. The minimum atomic E-state index is -0.321. The highest BCUT2D eigenvalue weighted by molar-refractivity contribution is 8.12. The van der Waals surface area contributed by atoms with Crippen LogP contribution < -0.4 is 5.32 Å². The molecule has 2 aliphatic heterocycles. The molecule has 0 bridgehead atoms. The maximum absolute atomic E-state index is 11.8. The fraction of sp³-hybridized carbons (Fsp3) is 0.647. The lowest BCUT2D eigenvalue weighted by molar-refractivity contribution is -0.139. The number of unbranched alkanes of at least 4 members (excludes halogenated alkanes) is 2. The third-order valence-corrected chi connectivity index (χ3v) is 5.29. The Kier molecular flexibility index (Phi) is 7.96. The molecule has 0 aromatic heterocycles. The van der Waals surface area contributed by atoms with Gasteiger partial charge in [-0.3, -0.25) is 33.7 Å². The molecule has 10 heteroatoms. The second kappa shape index (κ2) is 10.2. The Morgan fingerprint density at radius 2 is 1.41 bits per heavy atom. The van der Waals surface area contributed by atoms with Gasteiger partial charge in [0, 0.05) is 63.6 Å². The number of imide groups is 2. The number of nitrogens with one attached hydrogen (secondary N) is 1. The molecule has 0 aromatic rings. The van der Waals surface area contributed by atoms with E-state index < -0.39 is 0 Å². The van der Waals surface area contributed by atoms with Crippen LogP contribution in [0, 0.1) is 0 Å². The van der Waals surface area contributed by atoms with Crippen LogP contribution in [0.25, 0.3) is 0 Å². The van der Waals surface area contributed by atoms with Crippen molar-refractivity contribution in [3.8, 4) is 0 Å². The minimum absolute atomic E-state index is 0.0878. The Morgan fingerprint density at radius 3 is 2.04 bits per heavy atom. The molecule has 0 saturated carbocycles. The van der Waals surface area contributed by atoms with Gasteiger partial charge in [-0.25, -0.2) is 4.31 Å². The monoisotopic (exact) mass is 397 g/mol. The SMILES string of the molecule is O=C(CCN1C(=O)CCC1=O)NCCCCCC(=O)SN1C(=O)CCC1=O. The van der Waals surface area contributed by atoms with Gasteiger partial charge in [0.25, 0.3) is 0 Å². The van der Waals surface area contributed by atoms with Crippen LogP contribution in [0.5, 0.6) is 0 Å². The van der Waals surface area contributed by atoms with Crippen molar-refractivity contribution in [1.29, 1.82) is 0 Å². The number of hydrogen-bond acceptors (Lipinski definition) is 7. The summed E-state index contributed by atoms with van der Waals surface area (Å²) in [5.41, 5.74) is 0. The zero-order chi connectivity index (χ0) is 19.8. The van der Waals surface area contributed by atoms with Gasteiger partial charge in [-0.05, 0) is 12.8 Å². The van der Waals surface area contributed by atoms with Crippen LogP contribution in [0.2, 0.25) is 0 Å². The second-order valence-corrected chi connectivity index (χ2v) is 7.40. The van der Waals surface area contributed by atoms with Gasteiger partial charge in [-0.2, -0.15) is 0 Å². The van der Waals surface area contributed by atoms with Crippen LogP contribution >= 0.6 is 11.9 Å². The van der Waals surface area contributed by atoms with E-state index in [2.05, 4.69) is 5.32 Å². The fourth-order valence-corrected chi connectivity index (χ4v) is 3.60.